The molecule has 1 amide bonds. The van der Waals surface area contributed by atoms with Gasteiger partial charge in [0.05, 0.1) is 4.90 Å². The van der Waals surface area contributed by atoms with Gasteiger partial charge in [-0.3, -0.25) is 4.79 Å². The number of sulfonamides is 1. The second-order valence-electron chi connectivity index (χ2n) is 6.34. The van der Waals surface area contributed by atoms with Gasteiger partial charge in [0, 0.05) is 31.2 Å². The van der Waals surface area contributed by atoms with Crippen molar-refractivity contribution < 1.29 is 17.9 Å². The molecular weight excluding hydrogens is 388 g/mol. The van der Waals surface area contributed by atoms with Gasteiger partial charge in [-0.1, -0.05) is 29.3 Å². The number of rotatable bonds is 5. The van der Waals surface area contributed by atoms with Gasteiger partial charge in [-0.05, 0) is 43.3 Å². The number of hydrogen-bond acceptors (Lipinski definition) is 4. The Morgan fingerprint density at radius 2 is 1.59 bits per heavy atom. The Bertz CT molecular complexity index is 890. The van der Waals surface area contributed by atoms with Crippen molar-refractivity contribution in [1.29, 1.82) is 0 Å². The van der Waals surface area contributed by atoms with Crippen molar-refractivity contribution >= 4 is 27.5 Å². The molecule has 1 saturated heterocycles. The number of nitrogens with zero attached hydrogens (tertiary/aromatic N) is 2. The lowest BCUT2D eigenvalue weighted by Crippen LogP contribution is -2.51. The molecule has 3 rings (SSSR count). The highest BCUT2D eigenvalue weighted by atomic mass is 35.5. The van der Waals surface area contributed by atoms with Gasteiger partial charge in [0.2, 0.25) is 10.0 Å². The van der Waals surface area contributed by atoms with Crippen LogP contribution < -0.4 is 4.74 Å². The summed E-state index contributed by atoms with van der Waals surface area (Å²) in [5.74, 6) is 0.394. The molecule has 2 aromatic rings. The molecule has 1 aliphatic heterocycles. The van der Waals surface area contributed by atoms with Gasteiger partial charge in [-0.2, -0.15) is 4.31 Å². The van der Waals surface area contributed by atoms with Crippen LogP contribution in [0.3, 0.4) is 0 Å². The summed E-state index contributed by atoms with van der Waals surface area (Å²) in [6.07, 6.45) is 0. The van der Waals surface area contributed by atoms with Crippen LogP contribution in [0.25, 0.3) is 0 Å². The first kappa shape index (κ1) is 19.7. The van der Waals surface area contributed by atoms with Gasteiger partial charge >= 0.3 is 0 Å². The Balaban J connectivity index is 1.54. The monoisotopic (exact) mass is 408 g/mol. The number of benzene rings is 2. The zero-order chi connectivity index (χ0) is 19.4. The zero-order valence-electron chi connectivity index (χ0n) is 15.0. The van der Waals surface area contributed by atoms with Crippen molar-refractivity contribution in [2.45, 2.75) is 11.8 Å². The molecule has 1 fully saturated rings. The van der Waals surface area contributed by atoms with Crippen molar-refractivity contribution in [2.24, 2.45) is 0 Å². The lowest BCUT2D eigenvalue weighted by atomic mass is 10.2. The number of hydrogen-bond donors (Lipinski definition) is 0. The maximum Gasteiger partial charge on any atom is 0.260 e. The van der Waals surface area contributed by atoms with Crippen LogP contribution >= 0.6 is 11.6 Å². The fourth-order valence-corrected chi connectivity index (χ4v) is 4.35. The van der Waals surface area contributed by atoms with E-state index in [0.717, 1.165) is 5.56 Å². The quantitative estimate of drug-likeness (QED) is 0.762. The maximum atomic E-state index is 12.7. The minimum atomic E-state index is -3.54. The van der Waals surface area contributed by atoms with Crippen molar-refractivity contribution in [3.8, 4) is 5.75 Å². The highest BCUT2D eigenvalue weighted by Gasteiger charge is 2.30. The van der Waals surface area contributed by atoms with Crippen molar-refractivity contribution in [3.63, 3.8) is 0 Å². The third kappa shape index (κ3) is 4.80. The third-order valence-electron chi connectivity index (χ3n) is 4.43. The molecule has 144 valence electrons. The Morgan fingerprint density at radius 3 is 2.19 bits per heavy atom. The summed E-state index contributed by atoms with van der Waals surface area (Å²) in [4.78, 5) is 14.2. The van der Waals surface area contributed by atoms with Gasteiger partial charge in [-0.25, -0.2) is 8.42 Å². The highest BCUT2D eigenvalue weighted by molar-refractivity contribution is 7.89. The first-order valence-electron chi connectivity index (χ1n) is 8.59. The average molecular weight is 409 g/mol. The lowest BCUT2D eigenvalue weighted by Gasteiger charge is -2.34. The van der Waals surface area contributed by atoms with Crippen LogP contribution in [0.5, 0.6) is 5.75 Å². The van der Waals surface area contributed by atoms with Crippen LogP contribution in [0.4, 0.5) is 0 Å². The fraction of sp³-hybridized carbons (Fsp3) is 0.316. The molecule has 0 radical (unpaired) electrons. The summed E-state index contributed by atoms with van der Waals surface area (Å²) in [6.45, 7) is 3.03. The largest absolute Gasteiger partial charge is 0.484 e. The van der Waals surface area contributed by atoms with Gasteiger partial charge in [0.15, 0.2) is 6.61 Å². The van der Waals surface area contributed by atoms with Gasteiger partial charge in [-0.15, -0.1) is 0 Å². The summed E-state index contributed by atoms with van der Waals surface area (Å²) in [6, 6.07) is 13.6. The predicted molar refractivity (Wildman–Crippen MR) is 103 cm³/mol. The number of halogens is 1. The molecule has 6 nitrogen and oxygen atoms in total. The van der Waals surface area contributed by atoms with E-state index >= 15 is 0 Å². The zero-order valence-corrected chi connectivity index (χ0v) is 16.5. The van der Waals surface area contributed by atoms with E-state index < -0.39 is 10.0 Å². The molecule has 0 aliphatic carbocycles. The van der Waals surface area contributed by atoms with E-state index in [4.69, 9.17) is 16.3 Å². The molecular formula is C19H21ClN2O4S. The predicted octanol–water partition coefficient (Wildman–Crippen LogP) is 2.56. The third-order valence-corrected chi connectivity index (χ3v) is 6.59. The maximum absolute atomic E-state index is 12.7. The number of amides is 1. The van der Waals surface area contributed by atoms with E-state index in [1.165, 1.54) is 4.31 Å². The number of carbonyl (C=O) groups excluding carboxylic acids is 1. The molecule has 27 heavy (non-hydrogen) atoms. The van der Waals surface area contributed by atoms with E-state index in [2.05, 4.69) is 0 Å². The molecule has 0 bridgehead atoms. The van der Waals surface area contributed by atoms with Crippen molar-refractivity contribution in [3.05, 3.63) is 59.1 Å². The SMILES string of the molecule is Cc1ccc(S(=O)(=O)N2CCN(C(=O)COc3ccc(Cl)cc3)CC2)cc1. The first-order chi connectivity index (χ1) is 12.9. The summed E-state index contributed by atoms with van der Waals surface area (Å²) in [7, 11) is -3.54. The van der Waals surface area contributed by atoms with E-state index in [1.54, 1.807) is 53.4 Å². The Morgan fingerprint density at radius 1 is 1.00 bits per heavy atom. The minimum absolute atomic E-state index is 0.0909. The highest BCUT2D eigenvalue weighted by Crippen LogP contribution is 2.19. The minimum Gasteiger partial charge on any atom is -0.484 e. The van der Waals surface area contributed by atoms with Crippen LogP contribution in [0.1, 0.15) is 5.56 Å². The molecule has 0 unspecified atom stereocenters. The van der Waals surface area contributed by atoms with Crippen LogP contribution in [0.2, 0.25) is 5.02 Å². The standard InChI is InChI=1S/C19H21ClN2O4S/c1-15-2-8-18(9-3-15)27(24,25)22-12-10-21(11-13-22)19(23)14-26-17-6-4-16(20)5-7-17/h2-9H,10-14H2,1H3. The van der Waals surface area contributed by atoms with Gasteiger partial charge in [0.25, 0.3) is 5.91 Å². The molecule has 0 atom stereocenters. The smallest absolute Gasteiger partial charge is 0.260 e. The van der Waals surface area contributed by atoms with Gasteiger partial charge < -0.3 is 9.64 Å². The topological polar surface area (TPSA) is 66.9 Å². The van der Waals surface area contributed by atoms with E-state index in [9.17, 15) is 13.2 Å². The van der Waals surface area contributed by atoms with Crippen molar-refractivity contribution in [2.75, 3.05) is 32.8 Å². The summed E-state index contributed by atoms with van der Waals surface area (Å²) in [5, 5.41) is 0.597. The molecule has 0 aromatic heterocycles. The van der Waals surface area contributed by atoms with E-state index in [-0.39, 0.29) is 30.5 Å². The molecule has 1 aliphatic rings. The number of carbonyl (C=O) groups is 1. The first-order valence-corrected chi connectivity index (χ1v) is 10.4. The number of ether oxygens (including phenoxy) is 1. The second-order valence-corrected chi connectivity index (χ2v) is 8.71. The van der Waals surface area contributed by atoms with E-state index in [1.807, 2.05) is 6.92 Å². The Labute approximate surface area is 164 Å². The summed E-state index contributed by atoms with van der Waals surface area (Å²) < 4.78 is 32.3. The summed E-state index contributed by atoms with van der Waals surface area (Å²) in [5.41, 5.74) is 1.00. The number of piperazine rings is 1. The molecule has 0 saturated carbocycles. The van der Waals surface area contributed by atoms with Crippen LogP contribution in [0.15, 0.2) is 53.4 Å². The molecule has 0 spiro atoms. The molecule has 8 heteroatoms. The molecule has 1 heterocycles. The lowest BCUT2D eigenvalue weighted by molar-refractivity contribution is -0.134. The second kappa shape index (κ2) is 8.29. The molecule has 0 N–H and O–H groups in total. The molecule has 2 aromatic carbocycles. The number of aryl methyl sites for hydroxylation is 1. The fourth-order valence-electron chi connectivity index (χ4n) is 2.80. The average Bonchev–Trinajstić information content (AvgIpc) is 2.68. The van der Waals surface area contributed by atoms with Gasteiger partial charge in [0.1, 0.15) is 5.75 Å². The normalized spacial score (nSPS) is 15.6. The van der Waals surface area contributed by atoms with E-state index in [0.29, 0.717) is 23.9 Å². The van der Waals surface area contributed by atoms with Crippen molar-refractivity contribution in [1.82, 2.24) is 9.21 Å². The Hall–Kier alpha value is -2.09. The van der Waals surface area contributed by atoms with Crippen LogP contribution in [-0.2, 0) is 14.8 Å². The summed E-state index contributed by atoms with van der Waals surface area (Å²) >= 11 is 5.81. The van der Waals surface area contributed by atoms with Crippen LogP contribution in [-0.4, -0.2) is 56.3 Å². The Kier molecular flexibility index (Phi) is 6.04. The van der Waals surface area contributed by atoms with Crippen LogP contribution in [0, 0.1) is 6.92 Å².